The van der Waals surface area contributed by atoms with Gasteiger partial charge < -0.3 is 9.47 Å². The van der Waals surface area contributed by atoms with E-state index in [0.29, 0.717) is 5.75 Å². The van der Waals surface area contributed by atoms with Gasteiger partial charge in [-0.15, -0.1) is 0 Å². The lowest BCUT2D eigenvalue weighted by atomic mass is 10.2. The maximum Gasteiger partial charge on any atom is 0.324 e. The molecule has 8 heteroatoms. The van der Waals surface area contributed by atoms with Gasteiger partial charge in [-0.3, -0.25) is 4.79 Å². The molecule has 0 amide bonds. The second kappa shape index (κ2) is 8.77. The fourth-order valence-corrected chi connectivity index (χ4v) is 3.22. The van der Waals surface area contributed by atoms with Crippen molar-refractivity contribution >= 4 is 16.0 Å². The Labute approximate surface area is 152 Å². The molecule has 0 unspecified atom stereocenters. The molecule has 0 bridgehead atoms. The zero-order valence-corrected chi connectivity index (χ0v) is 15.3. The van der Waals surface area contributed by atoms with Gasteiger partial charge in [-0.25, -0.2) is 12.8 Å². The van der Waals surface area contributed by atoms with E-state index in [1.807, 2.05) is 6.92 Å². The van der Waals surface area contributed by atoms with Crippen LogP contribution in [0.15, 0.2) is 53.4 Å². The molecular weight excluding hydrogens is 361 g/mol. The van der Waals surface area contributed by atoms with Crippen molar-refractivity contribution in [1.29, 1.82) is 0 Å². The Morgan fingerprint density at radius 2 is 1.69 bits per heavy atom. The van der Waals surface area contributed by atoms with E-state index in [1.165, 1.54) is 43.3 Å². The second-order valence-corrected chi connectivity index (χ2v) is 7.34. The minimum absolute atomic E-state index is 0.0627. The maximum absolute atomic E-state index is 12.8. The Kier molecular flexibility index (Phi) is 6.70. The minimum atomic E-state index is -3.82. The summed E-state index contributed by atoms with van der Waals surface area (Å²) in [7, 11) is -3.82. The molecule has 0 aliphatic heterocycles. The highest BCUT2D eigenvalue weighted by molar-refractivity contribution is 7.89. The molecule has 26 heavy (non-hydrogen) atoms. The summed E-state index contributed by atoms with van der Waals surface area (Å²) in [6, 6.07) is 10.6. The summed E-state index contributed by atoms with van der Waals surface area (Å²) in [5.41, 5.74) is 0.928. The molecule has 0 aliphatic rings. The van der Waals surface area contributed by atoms with Crippen molar-refractivity contribution in [2.45, 2.75) is 24.8 Å². The molecule has 0 radical (unpaired) electrons. The van der Waals surface area contributed by atoms with Gasteiger partial charge in [0.2, 0.25) is 10.0 Å². The van der Waals surface area contributed by atoms with Crippen LogP contribution >= 0.6 is 0 Å². The molecule has 2 rings (SSSR count). The third kappa shape index (κ3) is 5.82. The van der Waals surface area contributed by atoms with Crippen molar-refractivity contribution in [2.24, 2.45) is 0 Å². The summed E-state index contributed by atoms with van der Waals surface area (Å²) >= 11 is 0. The number of benzene rings is 2. The second-order valence-electron chi connectivity index (χ2n) is 5.63. The Morgan fingerprint density at radius 1 is 1.08 bits per heavy atom. The molecule has 2 aromatic rings. The van der Waals surface area contributed by atoms with E-state index in [9.17, 15) is 17.6 Å². The Balaban J connectivity index is 1.79. The van der Waals surface area contributed by atoms with Crippen LogP contribution in [-0.2, 0) is 19.6 Å². The van der Waals surface area contributed by atoms with Crippen LogP contribution in [0.2, 0.25) is 0 Å². The molecule has 0 spiro atoms. The number of rotatable bonds is 8. The molecule has 0 aromatic heterocycles. The highest BCUT2D eigenvalue weighted by Gasteiger charge is 2.23. The quantitative estimate of drug-likeness (QED) is 0.561. The van der Waals surface area contributed by atoms with Crippen molar-refractivity contribution in [3.63, 3.8) is 0 Å². The number of carbonyl (C=O) groups excluding carboxylic acids is 1. The largest absolute Gasteiger partial charge is 0.490 e. The van der Waals surface area contributed by atoms with E-state index in [4.69, 9.17) is 9.47 Å². The lowest BCUT2D eigenvalue weighted by Crippen LogP contribution is -2.39. The highest BCUT2D eigenvalue weighted by Crippen LogP contribution is 2.12. The van der Waals surface area contributed by atoms with Gasteiger partial charge in [-0.1, -0.05) is 17.7 Å². The summed E-state index contributed by atoms with van der Waals surface area (Å²) in [4.78, 5) is 12.0. The fraction of sp³-hybridized carbons (Fsp3) is 0.278. The van der Waals surface area contributed by atoms with Crippen LogP contribution in [0, 0.1) is 12.7 Å². The van der Waals surface area contributed by atoms with E-state index >= 15 is 0 Å². The van der Waals surface area contributed by atoms with Crippen LogP contribution in [0.3, 0.4) is 0 Å². The van der Waals surface area contributed by atoms with Crippen molar-refractivity contribution in [3.05, 3.63) is 59.9 Å². The monoisotopic (exact) mass is 381 g/mol. The number of halogens is 1. The third-order valence-corrected chi connectivity index (χ3v) is 4.98. The van der Waals surface area contributed by atoms with Gasteiger partial charge >= 0.3 is 5.97 Å². The lowest BCUT2D eigenvalue weighted by molar-refractivity contribution is -0.145. The van der Waals surface area contributed by atoms with Gasteiger partial charge in [0.1, 0.15) is 30.8 Å². The Morgan fingerprint density at radius 3 is 2.31 bits per heavy atom. The normalized spacial score (nSPS) is 12.4. The van der Waals surface area contributed by atoms with Crippen molar-refractivity contribution in [3.8, 4) is 5.75 Å². The zero-order valence-electron chi connectivity index (χ0n) is 14.4. The first-order chi connectivity index (χ1) is 12.3. The van der Waals surface area contributed by atoms with Crippen LogP contribution in [0.1, 0.15) is 12.5 Å². The Bertz CT molecular complexity index is 835. The van der Waals surface area contributed by atoms with E-state index in [1.54, 1.807) is 12.1 Å². The van der Waals surface area contributed by atoms with E-state index in [0.717, 1.165) is 5.56 Å². The molecule has 0 fully saturated rings. The van der Waals surface area contributed by atoms with E-state index in [-0.39, 0.29) is 23.9 Å². The van der Waals surface area contributed by atoms with Gasteiger partial charge in [0, 0.05) is 0 Å². The first kappa shape index (κ1) is 19.9. The topological polar surface area (TPSA) is 81.7 Å². The summed E-state index contributed by atoms with van der Waals surface area (Å²) in [6.07, 6.45) is 0. The van der Waals surface area contributed by atoms with E-state index in [2.05, 4.69) is 4.72 Å². The number of ether oxygens (including phenoxy) is 2. The van der Waals surface area contributed by atoms with Gasteiger partial charge in [0.05, 0.1) is 4.90 Å². The predicted molar refractivity (Wildman–Crippen MR) is 93.8 cm³/mol. The van der Waals surface area contributed by atoms with Crippen LogP contribution in [0.25, 0.3) is 0 Å². The maximum atomic E-state index is 12.8. The van der Waals surface area contributed by atoms with Crippen molar-refractivity contribution in [1.82, 2.24) is 4.72 Å². The number of esters is 1. The molecule has 2 aromatic carbocycles. The SMILES string of the molecule is Cc1ccc(S(=O)(=O)N[C@@H](C)C(=O)OCCOc2ccc(F)cc2)cc1. The summed E-state index contributed by atoms with van der Waals surface area (Å²) < 4.78 is 49.8. The predicted octanol–water partition coefficient (Wildman–Crippen LogP) is 2.42. The molecule has 0 heterocycles. The number of hydrogen-bond acceptors (Lipinski definition) is 5. The zero-order chi connectivity index (χ0) is 19.2. The van der Waals surface area contributed by atoms with Crippen LogP contribution in [0.5, 0.6) is 5.75 Å². The molecule has 6 nitrogen and oxygen atoms in total. The average molecular weight is 381 g/mol. The van der Waals surface area contributed by atoms with Crippen molar-refractivity contribution < 1.29 is 27.1 Å². The average Bonchev–Trinajstić information content (AvgIpc) is 2.60. The van der Waals surface area contributed by atoms with Gasteiger partial charge in [0.25, 0.3) is 0 Å². The Hall–Kier alpha value is -2.45. The molecule has 0 saturated heterocycles. The number of nitrogens with one attached hydrogen (secondary N) is 1. The molecule has 0 saturated carbocycles. The first-order valence-electron chi connectivity index (χ1n) is 7.92. The molecule has 1 atom stereocenters. The molecule has 0 aliphatic carbocycles. The number of sulfonamides is 1. The summed E-state index contributed by atoms with van der Waals surface area (Å²) in [6.45, 7) is 3.24. The molecule has 1 N–H and O–H groups in total. The van der Waals surface area contributed by atoms with Crippen LogP contribution in [0.4, 0.5) is 4.39 Å². The van der Waals surface area contributed by atoms with Gasteiger partial charge in [-0.2, -0.15) is 4.72 Å². The molecular formula is C18H20FNO5S. The van der Waals surface area contributed by atoms with Crippen molar-refractivity contribution in [2.75, 3.05) is 13.2 Å². The van der Waals surface area contributed by atoms with E-state index < -0.39 is 22.0 Å². The first-order valence-corrected chi connectivity index (χ1v) is 9.40. The smallest absolute Gasteiger partial charge is 0.324 e. The number of carbonyl (C=O) groups is 1. The molecule has 140 valence electrons. The summed E-state index contributed by atoms with van der Waals surface area (Å²) in [5, 5.41) is 0. The lowest BCUT2D eigenvalue weighted by Gasteiger charge is -2.14. The van der Waals surface area contributed by atoms with Crippen LogP contribution in [-0.4, -0.2) is 33.6 Å². The van der Waals surface area contributed by atoms with Gasteiger partial charge in [0.15, 0.2) is 0 Å². The summed E-state index contributed by atoms with van der Waals surface area (Å²) in [5.74, 6) is -0.655. The van der Waals surface area contributed by atoms with Crippen LogP contribution < -0.4 is 9.46 Å². The number of hydrogen-bond donors (Lipinski definition) is 1. The third-order valence-electron chi connectivity index (χ3n) is 3.43. The highest BCUT2D eigenvalue weighted by atomic mass is 32.2. The number of aryl methyl sites for hydroxylation is 1. The van der Waals surface area contributed by atoms with Gasteiger partial charge in [-0.05, 0) is 50.2 Å². The standard InChI is InChI=1S/C18H20FNO5S/c1-13-3-9-17(10-4-13)26(22,23)20-14(2)18(21)25-12-11-24-16-7-5-15(19)6-8-16/h3-10,14,20H,11-12H2,1-2H3/t14-/m0/s1. The minimum Gasteiger partial charge on any atom is -0.490 e. The fourth-order valence-electron chi connectivity index (χ4n) is 2.02.